The monoisotopic (exact) mass is 616 g/mol. The van der Waals surface area contributed by atoms with Crippen molar-refractivity contribution in [2.45, 2.75) is 70.0 Å². The predicted molar refractivity (Wildman–Crippen MR) is 149 cm³/mol. The minimum Gasteiger partial charge on any atom is -0.481 e. The summed E-state index contributed by atoms with van der Waals surface area (Å²) >= 11 is 12.4. The van der Waals surface area contributed by atoms with Gasteiger partial charge < -0.3 is 10.4 Å². The number of nitrogens with zero attached hydrogens (tertiary/aromatic N) is 1. The van der Waals surface area contributed by atoms with Gasteiger partial charge in [0.15, 0.2) is 0 Å². The fourth-order valence-corrected chi connectivity index (χ4v) is 7.84. The van der Waals surface area contributed by atoms with E-state index in [-0.39, 0.29) is 12.8 Å². The van der Waals surface area contributed by atoms with Crippen LogP contribution >= 0.6 is 23.2 Å². The van der Waals surface area contributed by atoms with Crippen molar-refractivity contribution < 1.29 is 31.9 Å². The third-order valence-electron chi connectivity index (χ3n) is 8.20. The summed E-state index contributed by atoms with van der Waals surface area (Å²) in [5, 5.41) is 13.2. The van der Waals surface area contributed by atoms with Crippen LogP contribution in [0.4, 0.5) is 8.78 Å². The molecule has 2 fully saturated rings. The number of halogens is 4. The molecule has 0 unspecified atom stereocenters. The summed E-state index contributed by atoms with van der Waals surface area (Å²) in [6.07, 6.45) is 0.553. The Balaban J connectivity index is 1.91. The maximum atomic E-state index is 15.0. The van der Waals surface area contributed by atoms with Gasteiger partial charge in [0.2, 0.25) is 15.9 Å². The van der Waals surface area contributed by atoms with Crippen molar-refractivity contribution in [3.8, 4) is 0 Å². The van der Waals surface area contributed by atoms with E-state index < -0.39 is 69.5 Å². The molecule has 12 heteroatoms. The second-order valence-electron chi connectivity index (χ2n) is 11.0. The number of nitrogens with one attached hydrogen (secondary N) is 1. The van der Waals surface area contributed by atoms with Crippen LogP contribution in [0, 0.1) is 11.3 Å². The zero-order valence-electron chi connectivity index (χ0n) is 22.1. The Hall–Kier alpha value is -2.27. The Kier molecular flexibility index (Phi) is 8.86. The smallest absolute Gasteiger partial charge is 0.308 e. The number of carbonyl (C=O) groups excluding carboxylic acids is 1. The predicted octanol–water partition coefficient (Wildman–Crippen LogP) is 6.02. The Morgan fingerprint density at radius 3 is 2.35 bits per heavy atom. The van der Waals surface area contributed by atoms with Gasteiger partial charge in [-0.1, -0.05) is 54.4 Å². The van der Waals surface area contributed by atoms with Crippen LogP contribution in [0.2, 0.25) is 10.0 Å². The molecule has 2 aromatic rings. The van der Waals surface area contributed by atoms with Crippen LogP contribution < -0.4 is 5.32 Å². The molecule has 40 heavy (non-hydrogen) atoms. The molecule has 1 aliphatic carbocycles. The van der Waals surface area contributed by atoms with E-state index in [0.29, 0.717) is 38.3 Å². The van der Waals surface area contributed by atoms with E-state index in [1.807, 2.05) is 0 Å². The first-order chi connectivity index (χ1) is 18.7. The Labute approximate surface area is 242 Å². The zero-order valence-corrected chi connectivity index (χ0v) is 24.4. The van der Waals surface area contributed by atoms with E-state index in [1.54, 1.807) is 43.3 Å². The van der Waals surface area contributed by atoms with Crippen molar-refractivity contribution in [1.29, 1.82) is 0 Å². The molecule has 4 rings (SSSR count). The van der Waals surface area contributed by atoms with Crippen LogP contribution in [0.5, 0.6) is 0 Å². The molecule has 1 amide bonds. The van der Waals surface area contributed by atoms with E-state index in [9.17, 15) is 31.9 Å². The first-order valence-corrected chi connectivity index (χ1v) is 15.4. The highest BCUT2D eigenvalue weighted by atomic mass is 35.5. The van der Waals surface area contributed by atoms with Crippen molar-refractivity contribution in [1.82, 2.24) is 9.62 Å². The van der Waals surface area contributed by atoms with Gasteiger partial charge in [0.25, 0.3) is 0 Å². The minimum atomic E-state index is -4.43. The summed E-state index contributed by atoms with van der Waals surface area (Å²) < 4.78 is 56.9. The maximum Gasteiger partial charge on any atom is 0.308 e. The highest BCUT2D eigenvalue weighted by Gasteiger charge is 2.59. The highest BCUT2D eigenvalue weighted by Crippen LogP contribution is 2.56. The van der Waals surface area contributed by atoms with E-state index in [1.165, 1.54) is 19.1 Å². The number of sulfonamides is 1. The Morgan fingerprint density at radius 2 is 1.82 bits per heavy atom. The molecular weight excluding hydrogens is 585 g/mol. The number of benzene rings is 2. The topological polar surface area (TPSA) is 104 Å². The van der Waals surface area contributed by atoms with Crippen LogP contribution in [-0.2, 0) is 25.2 Å². The molecule has 1 saturated carbocycles. The first-order valence-electron chi connectivity index (χ1n) is 13.1. The molecule has 218 valence electrons. The van der Waals surface area contributed by atoms with Gasteiger partial charge in [-0.3, -0.25) is 9.59 Å². The number of piperidine rings is 1. The van der Waals surface area contributed by atoms with Gasteiger partial charge in [-0.2, -0.15) is 8.78 Å². The second kappa shape index (κ2) is 11.5. The van der Waals surface area contributed by atoms with E-state index in [0.717, 1.165) is 0 Å². The molecular formula is C28H32Cl2F2N2O5S. The van der Waals surface area contributed by atoms with E-state index >= 15 is 0 Å². The zero-order chi connectivity index (χ0) is 29.5. The molecule has 1 saturated heterocycles. The summed E-state index contributed by atoms with van der Waals surface area (Å²) in [6, 6.07) is 12.3. The number of alkyl halides is 2. The van der Waals surface area contributed by atoms with Crippen molar-refractivity contribution in [2.24, 2.45) is 11.3 Å². The molecule has 2 aliphatic rings. The lowest BCUT2D eigenvalue weighted by molar-refractivity contribution is -0.148. The van der Waals surface area contributed by atoms with Gasteiger partial charge in [0, 0.05) is 22.0 Å². The average Bonchev–Trinajstić information content (AvgIpc) is 3.71. The van der Waals surface area contributed by atoms with Crippen molar-refractivity contribution in [3.05, 3.63) is 69.7 Å². The molecule has 0 spiro atoms. The number of hydrogen-bond acceptors (Lipinski definition) is 4. The Bertz CT molecular complexity index is 1370. The lowest BCUT2D eigenvalue weighted by Crippen LogP contribution is -2.60. The number of rotatable bonds is 11. The molecule has 1 aliphatic heterocycles. The third-order valence-corrected chi connectivity index (χ3v) is 10.5. The second-order valence-corrected chi connectivity index (χ2v) is 14.0. The number of carboxylic acid groups (broad SMARTS) is 1. The molecule has 1 heterocycles. The van der Waals surface area contributed by atoms with E-state index in [2.05, 4.69) is 5.32 Å². The summed E-state index contributed by atoms with van der Waals surface area (Å²) in [5.74, 6) is -3.18. The minimum absolute atomic E-state index is 0.104. The molecule has 0 bridgehead atoms. The number of carbonyl (C=O) groups is 2. The van der Waals surface area contributed by atoms with E-state index in [4.69, 9.17) is 23.2 Å². The maximum absolute atomic E-state index is 15.0. The van der Waals surface area contributed by atoms with Gasteiger partial charge in [-0.15, -0.1) is 4.31 Å². The van der Waals surface area contributed by atoms with Gasteiger partial charge in [0.05, 0.1) is 23.1 Å². The number of hydrogen-bond donors (Lipinski definition) is 2. The van der Waals surface area contributed by atoms with Crippen molar-refractivity contribution in [3.63, 3.8) is 0 Å². The molecule has 4 atom stereocenters. The molecule has 2 N–H and O–H groups in total. The van der Waals surface area contributed by atoms with Gasteiger partial charge in [-0.05, 0) is 73.9 Å². The molecule has 2 aromatic carbocycles. The molecule has 0 radical (unpaired) electrons. The normalized spacial score (nSPS) is 25.1. The number of carboxylic acids is 1. The summed E-state index contributed by atoms with van der Waals surface area (Å²) in [6.45, 7) is -0.467. The highest BCUT2D eigenvalue weighted by molar-refractivity contribution is 7.89. The van der Waals surface area contributed by atoms with Crippen LogP contribution in [0.1, 0.15) is 63.0 Å². The summed E-state index contributed by atoms with van der Waals surface area (Å²) in [7, 11) is -4.43. The van der Waals surface area contributed by atoms with Crippen molar-refractivity contribution in [2.75, 3.05) is 5.75 Å². The van der Waals surface area contributed by atoms with Crippen LogP contribution in [0.25, 0.3) is 0 Å². The lowest BCUT2D eigenvalue weighted by Gasteiger charge is -2.49. The number of amides is 1. The van der Waals surface area contributed by atoms with Crippen LogP contribution in [0.15, 0.2) is 48.5 Å². The summed E-state index contributed by atoms with van der Waals surface area (Å²) in [4.78, 5) is 25.1. The first kappa shape index (κ1) is 30.7. The fraction of sp³-hybridized carbons (Fsp3) is 0.500. The van der Waals surface area contributed by atoms with Gasteiger partial charge in [-0.25, -0.2) is 8.42 Å². The lowest BCUT2D eigenvalue weighted by atomic mass is 9.66. The van der Waals surface area contributed by atoms with Gasteiger partial charge >= 0.3 is 12.5 Å². The Morgan fingerprint density at radius 1 is 1.18 bits per heavy atom. The quantitative estimate of drug-likeness (QED) is 0.301. The van der Waals surface area contributed by atoms with Gasteiger partial charge in [0.1, 0.15) is 0 Å². The van der Waals surface area contributed by atoms with Crippen LogP contribution in [-0.4, -0.2) is 48.1 Å². The standard InChI is InChI=1S/C28H32Cl2F2N2O5S/c1-3-40(38,39)34(26(31)32)28(18-7-8-18,19-9-11-20(29)12-10-19)15-23-22(17-5-4-6-21(30)13-17)14-27(2,16-24(35)36)25(37)33-23/h4-6,9-13,18,22-23,26H,3,7-8,14-16H2,1-2H3,(H,33,37)(H,35,36)/t22-,23+,27+,28+/m1/s1. The third kappa shape index (κ3) is 6.00. The van der Waals surface area contributed by atoms with Crippen LogP contribution in [0.3, 0.4) is 0 Å². The number of aliphatic carboxylic acids is 1. The SMILES string of the molecule is CCS(=O)(=O)N(C(F)F)[C@](C[C@@H]1NC(=O)[C@](C)(CC(=O)O)C[C@@H]1c1cccc(Cl)c1)(c1ccc(Cl)cc1)C1CC1. The molecule has 7 nitrogen and oxygen atoms in total. The largest absolute Gasteiger partial charge is 0.481 e. The molecule has 0 aromatic heterocycles. The average molecular weight is 618 g/mol. The fourth-order valence-electron chi connectivity index (χ4n) is 6.17. The summed E-state index contributed by atoms with van der Waals surface area (Å²) in [5.41, 5.74) is -1.93. The van der Waals surface area contributed by atoms with Crippen molar-refractivity contribution >= 4 is 45.1 Å².